The van der Waals surface area contributed by atoms with Gasteiger partial charge in [0.15, 0.2) is 0 Å². The molecule has 0 aromatic heterocycles. The highest BCUT2D eigenvalue weighted by Gasteiger charge is 2.39. The summed E-state index contributed by atoms with van der Waals surface area (Å²) in [4.78, 5) is 16.1. The van der Waals surface area contributed by atoms with Crippen molar-refractivity contribution in [3.8, 4) is 12.1 Å². The summed E-state index contributed by atoms with van der Waals surface area (Å²) in [6, 6.07) is 4.34. The monoisotopic (exact) mass is 289 g/mol. The van der Waals surface area contributed by atoms with Crippen LogP contribution in [0.3, 0.4) is 0 Å². The van der Waals surface area contributed by atoms with Crippen LogP contribution in [0.2, 0.25) is 0 Å². The van der Waals surface area contributed by atoms with E-state index in [1.54, 1.807) is 11.9 Å². The lowest BCUT2D eigenvalue weighted by Gasteiger charge is -2.40. The van der Waals surface area contributed by atoms with Gasteiger partial charge in [0.05, 0.1) is 18.7 Å². The molecule has 1 amide bonds. The third-order valence-electron chi connectivity index (χ3n) is 4.75. The summed E-state index contributed by atoms with van der Waals surface area (Å²) in [5, 5.41) is 21.9. The van der Waals surface area contributed by atoms with E-state index in [9.17, 15) is 10.1 Å². The fourth-order valence-corrected chi connectivity index (χ4v) is 3.24. The smallest absolute Gasteiger partial charge is 0.237 e. The van der Waals surface area contributed by atoms with Crippen LogP contribution in [0.5, 0.6) is 0 Å². The average molecular weight is 289 g/mol. The quantitative estimate of drug-likeness (QED) is 0.816. The second kappa shape index (κ2) is 6.89. The molecule has 0 bridgehead atoms. The molecule has 0 aromatic carbocycles. The first-order valence-corrected chi connectivity index (χ1v) is 7.65. The minimum Gasteiger partial charge on any atom is -0.326 e. The van der Waals surface area contributed by atoms with Gasteiger partial charge in [-0.1, -0.05) is 19.3 Å². The Morgan fingerprint density at radius 2 is 2.10 bits per heavy atom. The Bertz CT molecular complexity index is 458. The molecule has 1 N–H and O–H groups in total. The van der Waals surface area contributed by atoms with Gasteiger partial charge >= 0.3 is 0 Å². The second-order valence-corrected chi connectivity index (χ2v) is 5.98. The number of rotatable bonds is 3. The lowest BCUT2D eigenvalue weighted by Crippen LogP contribution is -2.57. The van der Waals surface area contributed by atoms with Crippen molar-refractivity contribution in [1.82, 2.24) is 15.1 Å². The third-order valence-corrected chi connectivity index (χ3v) is 4.75. The minimum absolute atomic E-state index is 0.0550. The summed E-state index contributed by atoms with van der Waals surface area (Å²) in [7, 11) is 1.74. The molecule has 1 saturated heterocycles. The summed E-state index contributed by atoms with van der Waals surface area (Å²) in [6.07, 6.45) is 4.66. The molecule has 0 radical (unpaired) electrons. The number of nitrogens with one attached hydrogen (secondary N) is 1. The van der Waals surface area contributed by atoms with E-state index < -0.39 is 5.54 Å². The van der Waals surface area contributed by atoms with Crippen LogP contribution in [0, 0.1) is 22.7 Å². The predicted molar refractivity (Wildman–Crippen MR) is 78.0 cm³/mol. The molecule has 1 saturated carbocycles. The van der Waals surface area contributed by atoms with E-state index in [1.165, 1.54) is 0 Å². The fraction of sp³-hybridized carbons (Fsp3) is 0.800. The molecule has 0 aromatic rings. The molecule has 0 spiro atoms. The first kappa shape index (κ1) is 15.8. The molecule has 6 nitrogen and oxygen atoms in total. The number of carbonyl (C=O) groups is 1. The molecule has 2 fully saturated rings. The lowest BCUT2D eigenvalue weighted by molar-refractivity contribution is -0.136. The Kier molecular flexibility index (Phi) is 5.17. The topological polar surface area (TPSA) is 83.2 Å². The molecule has 114 valence electrons. The zero-order valence-electron chi connectivity index (χ0n) is 12.6. The molecule has 1 aliphatic carbocycles. The standard InChI is InChI=1S/C15H23N5O/c1-19(15(12-17)5-3-2-4-6-15)14(21)11-20-8-7-18-10-13(20)9-16/h13,18H,2-8,10-11H2,1H3. The van der Waals surface area contributed by atoms with Gasteiger partial charge in [-0.3, -0.25) is 9.69 Å². The van der Waals surface area contributed by atoms with Gasteiger partial charge in [-0.25, -0.2) is 0 Å². The van der Waals surface area contributed by atoms with Gasteiger partial charge in [0.1, 0.15) is 11.6 Å². The average Bonchev–Trinajstić information content (AvgIpc) is 2.55. The summed E-state index contributed by atoms with van der Waals surface area (Å²) in [5.41, 5.74) is -0.647. The lowest BCUT2D eigenvalue weighted by atomic mass is 9.81. The van der Waals surface area contributed by atoms with Gasteiger partial charge in [-0.05, 0) is 12.8 Å². The van der Waals surface area contributed by atoms with Crippen molar-refractivity contribution in [1.29, 1.82) is 10.5 Å². The molecule has 6 heteroatoms. The van der Waals surface area contributed by atoms with E-state index >= 15 is 0 Å². The van der Waals surface area contributed by atoms with E-state index in [4.69, 9.17) is 5.26 Å². The van der Waals surface area contributed by atoms with E-state index in [2.05, 4.69) is 17.5 Å². The van der Waals surface area contributed by atoms with Crippen LogP contribution in [0.25, 0.3) is 0 Å². The summed E-state index contributed by atoms with van der Waals surface area (Å²) >= 11 is 0. The maximum atomic E-state index is 12.5. The molecule has 1 unspecified atom stereocenters. The first-order valence-electron chi connectivity index (χ1n) is 7.65. The van der Waals surface area contributed by atoms with Crippen molar-refractivity contribution in [3.63, 3.8) is 0 Å². The van der Waals surface area contributed by atoms with Crippen LogP contribution >= 0.6 is 0 Å². The number of nitrogens with zero attached hydrogens (tertiary/aromatic N) is 4. The van der Waals surface area contributed by atoms with Crippen molar-refractivity contribution in [2.24, 2.45) is 0 Å². The van der Waals surface area contributed by atoms with Crippen molar-refractivity contribution >= 4 is 5.91 Å². The van der Waals surface area contributed by atoms with Crippen LogP contribution in [0.15, 0.2) is 0 Å². The van der Waals surface area contributed by atoms with Crippen molar-refractivity contribution in [3.05, 3.63) is 0 Å². The van der Waals surface area contributed by atoms with E-state index in [0.29, 0.717) is 13.1 Å². The fourth-order valence-electron chi connectivity index (χ4n) is 3.24. The van der Waals surface area contributed by atoms with Gasteiger partial charge < -0.3 is 10.2 Å². The van der Waals surface area contributed by atoms with Crippen molar-refractivity contribution in [2.75, 3.05) is 33.2 Å². The van der Waals surface area contributed by atoms with Crippen LogP contribution in [-0.2, 0) is 4.79 Å². The minimum atomic E-state index is -0.647. The van der Waals surface area contributed by atoms with Crippen LogP contribution in [0.1, 0.15) is 32.1 Å². The highest BCUT2D eigenvalue weighted by atomic mass is 16.2. The second-order valence-electron chi connectivity index (χ2n) is 5.98. The highest BCUT2D eigenvalue weighted by Crippen LogP contribution is 2.32. The van der Waals surface area contributed by atoms with E-state index in [-0.39, 0.29) is 18.5 Å². The molecule has 21 heavy (non-hydrogen) atoms. The Hall–Kier alpha value is -1.63. The van der Waals surface area contributed by atoms with Gasteiger partial charge in [-0.15, -0.1) is 0 Å². The predicted octanol–water partition coefficient (Wildman–Crippen LogP) is 0.469. The van der Waals surface area contributed by atoms with Crippen LogP contribution in [-0.4, -0.2) is 60.5 Å². The summed E-state index contributed by atoms with van der Waals surface area (Å²) < 4.78 is 0. The maximum absolute atomic E-state index is 12.5. The molecule has 2 rings (SSSR count). The zero-order chi connectivity index (χ0) is 15.3. The molecule has 1 heterocycles. The van der Waals surface area contributed by atoms with Crippen molar-refractivity contribution < 1.29 is 4.79 Å². The largest absolute Gasteiger partial charge is 0.326 e. The number of hydrogen-bond acceptors (Lipinski definition) is 5. The van der Waals surface area contributed by atoms with Crippen LogP contribution in [0.4, 0.5) is 0 Å². The van der Waals surface area contributed by atoms with Crippen molar-refractivity contribution in [2.45, 2.75) is 43.7 Å². The van der Waals surface area contributed by atoms with Gasteiger partial charge in [0.2, 0.25) is 5.91 Å². The molecule has 2 aliphatic rings. The Labute approximate surface area is 126 Å². The number of piperazine rings is 1. The molecule has 1 atom stereocenters. The van der Waals surface area contributed by atoms with Gasteiger partial charge in [0.25, 0.3) is 0 Å². The maximum Gasteiger partial charge on any atom is 0.237 e. The van der Waals surface area contributed by atoms with Crippen LogP contribution < -0.4 is 5.32 Å². The number of carbonyl (C=O) groups excluding carboxylic acids is 1. The molecular formula is C15H23N5O. The first-order chi connectivity index (χ1) is 10.1. The molecule has 1 aliphatic heterocycles. The zero-order valence-corrected chi connectivity index (χ0v) is 12.6. The van der Waals surface area contributed by atoms with E-state index in [0.717, 1.165) is 38.6 Å². The Morgan fingerprint density at radius 1 is 1.38 bits per heavy atom. The van der Waals surface area contributed by atoms with Gasteiger partial charge in [-0.2, -0.15) is 10.5 Å². The highest BCUT2D eigenvalue weighted by molar-refractivity contribution is 5.79. The summed E-state index contributed by atoms with van der Waals surface area (Å²) in [6.45, 7) is 2.30. The number of hydrogen-bond donors (Lipinski definition) is 1. The normalized spacial score (nSPS) is 25.6. The van der Waals surface area contributed by atoms with E-state index in [1.807, 2.05) is 4.90 Å². The third kappa shape index (κ3) is 3.34. The molecular weight excluding hydrogens is 266 g/mol. The van der Waals surface area contributed by atoms with Gasteiger partial charge in [0, 0.05) is 26.7 Å². The summed E-state index contributed by atoms with van der Waals surface area (Å²) in [5.74, 6) is -0.0550. The number of likely N-dealkylation sites (N-methyl/N-ethyl adjacent to an activating group) is 1. The number of amides is 1. The SMILES string of the molecule is CN(C(=O)CN1CCNCC1C#N)C1(C#N)CCCCC1. The number of nitriles is 2. The Morgan fingerprint density at radius 3 is 2.71 bits per heavy atom. The Balaban J connectivity index is 2.01.